The van der Waals surface area contributed by atoms with E-state index in [1.54, 1.807) is 0 Å². The minimum Gasteiger partial charge on any atom is -0.357 e. The van der Waals surface area contributed by atoms with Crippen molar-refractivity contribution in [2.24, 2.45) is 5.73 Å². The van der Waals surface area contributed by atoms with E-state index >= 15 is 0 Å². The molecule has 0 spiro atoms. The van der Waals surface area contributed by atoms with Crippen LogP contribution in [0.4, 0.5) is 4.39 Å². The van der Waals surface area contributed by atoms with Crippen LogP contribution in [0.2, 0.25) is 0 Å². The van der Waals surface area contributed by atoms with Crippen LogP contribution in [0.25, 0.3) is 0 Å². The molecule has 7 heteroatoms. The molecule has 3 N–H and O–H groups in total. The number of hydrogen-bond donors (Lipinski definition) is 2. The van der Waals surface area contributed by atoms with Gasteiger partial charge in [0.25, 0.3) is 5.91 Å². The number of benzene rings is 1. The molecule has 2 rings (SSSR count). The Morgan fingerprint density at radius 1 is 1.55 bits per heavy atom. The number of carbonyl (C=O) groups is 3. The zero-order chi connectivity index (χ0) is 16.3. The van der Waals surface area contributed by atoms with Crippen molar-refractivity contribution < 1.29 is 18.8 Å². The molecule has 6 nitrogen and oxygen atoms in total. The Balaban J connectivity index is 2.34. The highest BCUT2D eigenvalue weighted by Crippen LogP contribution is 2.29. The highest BCUT2D eigenvalue weighted by molar-refractivity contribution is 6.01. The topological polar surface area (TPSA) is 92.5 Å². The quantitative estimate of drug-likeness (QED) is 0.741. The molecule has 1 aliphatic heterocycles. The van der Waals surface area contributed by atoms with Gasteiger partial charge >= 0.3 is 0 Å². The van der Waals surface area contributed by atoms with Gasteiger partial charge in [-0.3, -0.25) is 9.59 Å². The summed E-state index contributed by atoms with van der Waals surface area (Å²) in [4.78, 5) is 36.3. The van der Waals surface area contributed by atoms with Gasteiger partial charge in [0.1, 0.15) is 18.1 Å². The molecule has 0 fully saturated rings. The summed E-state index contributed by atoms with van der Waals surface area (Å²) in [5.41, 5.74) is 6.30. The maximum atomic E-state index is 14.3. The molecular formula is C15H18FN3O3. The van der Waals surface area contributed by atoms with Gasteiger partial charge in [-0.15, -0.1) is 0 Å². The van der Waals surface area contributed by atoms with Gasteiger partial charge in [-0.05, 0) is 12.5 Å². The molecule has 1 atom stereocenters. The Hall–Kier alpha value is -2.28. The van der Waals surface area contributed by atoms with Gasteiger partial charge in [0.2, 0.25) is 5.91 Å². The van der Waals surface area contributed by atoms with Gasteiger partial charge in [-0.25, -0.2) is 4.39 Å². The van der Waals surface area contributed by atoms with E-state index in [0.717, 1.165) is 0 Å². The molecule has 1 unspecified atom stereocenters. The van der Waals surface area contributed by atoms with Crippen molar-refractivity contribution in [3.8, 4) is 0 Å². The number of nitrogens with one attached hydrogen (secondary N) is 1. The molecule has 0 bridgehead atoms. The average Bonchev–Trinajstić information content (AvgIpc) is 2.86. The van der Waals surface area contributed by atoms with Gasteiger partial charge in [0.05, 0.1) is 6.54 Å². The molecule has 1 aliphatic rings. The number of hydrogen-bond acceptors (Lipinski definition) is 4. The monoisotopic (exact) mass is 307 g/mol. The molecule has 0 aliphatic carbocycles. The molecule has 1 aromatic rings. The van der Waals surface area contributed by atoms with Crippen molar-refractivity contribution in [3.63, 3.8) is 0 Å². The van der Waals surface area contributed by atoms with E-state index in [2.05, 4.69) is 5.32 Å². The molecule has 1 heterocycles. The molecule has 118 valence electrons. The van der Waals surface area contributed by atoms with E-state index in [4.69, 9.17) is 5.73 Å². The van der Waals surface area contributed by atoms with Gasteiger partial charge < -0.3 is 20.7 Å². The molecule has 2 amide bonds. The third kappa shape index (κ3) is 2.71. The van der Waals surface area contributed by atoms with Crippen LogP contribution in [0, 0.1) is 5.82 Å². The number of likely N-dealkylation sites (N-methyl/N-ethyl adjacent to an activating group) is 1. The molecule has 0 aromatic heterocycles. The Labute approximate surface area is 127 Å². The van der Waals surface area contributed by atoms with E-state index < -0.39 is 17.8 Å². The second kappa shape index (κ2) is 6.65. The van der Waals surface area contributed by atoms with Crippen LogP contribution in [0.5, 0.6) is 0 Å². The largest absolute Gasteiger partial charge is 0.357 e. The summed E-state index contributed by atoms with van der Waals surface area (Å²) in [6, 6.07) is 2.22. The van der Waals surface area contributed by atoms with E-state index in [-0.39, 0.29) is 43.0 Å². The second-order valence-corrected chi connectivity index (χ2v) is 5.08. The lowest BCUT2D eigenvalue weighted by Gasteiger charge is -2.25. The lowest BCUT2D eigenvalue weighted by molar-refractivity contribution is -0.125. The van der Waals surface area contributed by atoms with Crippen LogP contribution in [-0.4, -0.2) is 36.1 Å². The first kappa shape index (κ1) is 16.1. The molecular weight excluding hydrogens is 289 g/mol. The van der Waals surface area contributed by atoms with E-state index in [1.807, 2.05) is 0 Å². The van der Waals surface area contributed by atoms with E-state index in [0.29, 0.717) is 11.8 Å². The lowest BCUT2D eigenvalue weighted by Crippen LogP contribution is -2.46. The predicted octanol–water partition coefficient (Wildman–Crippen LogP) is 0.334. The molecule has 1 aromatic carbocycles. The summed E-state index contributed by atoms with van der Waals surface area (Å²) in [6.45, 7) is 0.0438. The Morgan fingerprint density at radius 3 is 2.86 bits per heavy atom. The number of rotatable bonds is 6. The smallest absolute Gasteiger partial charge is 0.255 e. The van der Waals surface area contributed by atoms with Crippen LogP contribution in [-0.2, 0) is 22.7 Å². The first-order chi connectivity index (χ1) is 10.5. The number of amides is 2. The molecule has 22 heavy (non-hydrogen) atoms. The third-order valence-corrected chi connectivity index (χ3v) is 3.85. The van der Waals surface area contributed by atoms with Gasteiger partial charge in [-0.2, -0.15) is 0 Å². The van der Waals surface area contributed by atoms with Crippen molar-refractivity contribution in [1.82, 2.24) is 10.2 Å². The minimum atomic E-state index is -0.796. The normalized spacial score (nSPS) is 14.7. The van der Waals surface area contributed by atoms with Crippen molar-refractivity contribution in [2.45, 2.75) is 32.0 Å². The van der Waals surface area contributed by atoms with Gasteiger partial charge in [-0.1, -0.05) is 6.07 Å². The summed E-state index contributed by atoms with van der Waals surface area (Å²) < 4.78 is 14.3. The van der Waals surface area contributed by atoms with Crippen LogP contribution in [0.3, 0.4) is 0 Å². The van der Waals surface area contributed by atoms with Gasteiger partial charge in [0.15, 0.2) is 0 Å². The number of halogens is 1. The summed E-state index contributed by atoms with van der Waals surface area (Å²) in [6.07, 6.45) is 1.04. The van der Waals surface area contributed by atoms with Crippen LogP contribution in [0.1, 0.15) is 34.3 Å². The number of nitrogens with zero attached hydrogens (tertiary/aromatic N) is 1. The first-order valence-corrected chi connectivity index (χ1v) is 7.01. The molecule has 0 saturated heterocycles. The van der Waals surface area contributed by atoms with Gasteiger partial charge in [0, 0.05) is 36.7 Å². The highest BCUT2D eigenvalue weighted by Gasteiger charge is 2.37. The summed E-state index contributed by atoms with van der Waals surface area (Å²) in [5, 5.41) is 2.47. The first-order valence-electron chi connectivity index (χ1n) is 7.01. The third-order valence-electron chi connectivity index (χ3n) is 3.85. The minimum absolute atomic E-state index is 0.00475. The SMILES string of the molecule is CNC(=O)C(CCC=O)N1Cc2c(ccc(CN)c2F)C1=O. The highest BCUT2D eigenvalue weighted by atomic mass is 19.1. The molecule has 0 saturated carbocycles. The fourth-order valence-electron chi connectivity index (χ4n) is 2.65. The summed E-state index contributed by atoms with van der Waals surface area (Å²) in [7, 11) is 1.46. The Morgan fingerprint density at radius 2 is 2.27 bits per heavy atom. The fourth-order valence-corrected chi connectivity index (χ4v) is 2.65. The fraction of sp³-hybridized carbons (Fsp3) is 0.400. The van der Waals surface area contributed by atoms with Crippen LogP contribution >= 0.6 is 0 Å². The van der Waals surface area contributed by atoms with Crippen LogP contribution < -0.4 is 11.1 Å². The number of carbonyl (C=O) groups excluding carboxylic acids is 3. The number of nitrogens with two attached hydrogens (primary N) is 1. The maximum Gasteiger partial charge on any atom is 0.255 e. The Kier molecular flexibility index (Phi) is 4.87. The zero-order valence-electron chi connectivity index (χ0n) is 12.3. The number of fused-ring (bicyclic) bond motifs is 1. The second-order valence-electron chi connectivity index (χ2n) is 5.08. The number of aldehydes is 1. The van der Waals surface area contributed by atoms with Crippen molar-refractivity contribution in [2.75, 3.05) is 7.05 Å². The molecule has 0 radical (unpaired) electrons. The summed E-state index contributed by atoms with van der Waals surface area (Å²) >= 11 is 0. The summed E-state index contributed by atoms with van der Waals surface area (Å²) in [5.74, 6) is -1.28. The van der Waals surface area contributed by atoms with Crippen molar-refractivity contribution >= 4 is 18.1 Å². The van der Waals surface area contributed by atoms with Crippen molar-refractivity contribution in [3.05, 3.63) is 34.6 Å². The van der Waals surface area contributed by atoms with E-state index in [9.17, 15) is 18.8 Å². The zero-order valence-corrected chi connectivity index (χ0v) is 12.3. The predicted molar refractivity (Wildman–Crippen MR) is 77.3 cm³/mol. The van der Waals surface area contributed by atoms with E-state index in [1.165, 1.54) is 24.1 Å². The maximum absolute atomic E-state index is 14.3. The average molecular weight is 307 g/mol. The lowest BCUT2D eigenvalue weighted by atomic mass is 10.1. The van der Waals surface area contributed by atoms with Crippen molar-refractivity contribution in [1.29, 1.82) is 0 Å². The standard InChI is InChI=1S/C15H18FN3O3/c1-18-14(21)12(3-2-6-20)19-8-11-10(15(19)22)5-4-9(7-17)13(11)16/h4-6,12H,2-3,7-8,17H2,1H3,(H,18,21). The Bertz CT molecular complexity index is 618. The van der Waals surface area contributed by atoms with Crippen LogP contribution in [0.15, 0.2) is 12.1 Å².